The van der Waals surface area contributed by atoms with Gasteiger partial charge in [0.15, 0.2) is 9.84 Å². The van der Waals surface area contributed by atoms with Crippen molar-refractivity contribution in [3.05, 3.63) is 62.6 Å². The predicted octanol–water partition coefficient (Wildman–Crippen LogP) is 4.66. The SMILES string of the molecule is CCS(=O)(=O)c1ccc(Cl)cc1CNC(=O)c1cc(C(F)(F)F)cc(Cl)c1CN1CCC[C@H](N)C1. The van der Waals surface area contributed by atoms with Gasteiger partial charge >= 0.3 is 6.18 Å². The Balaban J connectivity index is 1.95. The summed E-state index contributed by atoms with van der Waals surface area (Å²) in [5.74, 6) is -0.977. The first-order valence-electron chi connectivity index (χ1n) is 11.0. The highest BCUT2D eigenvalue weighted by molar-refractivity contribution is 7.91. The summed E-state index contributed by atoms with van der Waals surface area (Å²) in [6.45, 7) is 2.58. The second-order valence-electron chi connectivity index (χ2n) is 8.46. The maximum atomic E-state index is 13.5. The predicted molar refractivity (Wildman–Crippen MR) is 129 cm³/mol. The molecule has 3 rings (SSSR count). The number of carbonyl (C=O) groups is 1. The van der Waals surface area contributed by atoms with Crippen molar-refractivity contribution in [1.82, 2.24) is 10.2 Å². The van der Waals surface area contributed by atoms with E-state index in [0.717, 1.165) is 25.0 Å². The third-order valence-corrected chi connectivity index (χ3v) is 8.27. The molecule has 1 aliphatic rings. The molecule has 0 unspecified atom stereocenters. The first kappa shape index (κ1) is 27.7. The van der Waals surface area contributed by atoms with E-state index in [1.54, 1.807) is 0 Å². The van der Waals surface area contributed by atoms with E-state index in [9.17, 15) is 26.4 Å². The lowest BCUT2D eigenvalue weighted by molar-refractivity contribution is -0.137. The lowest BCUT2D eigenvalue weighted by atomic mass is 10.00. The van der Waals surface area contributed by atoms with E-state index < -0.39 is 27.5 Å². The van der Waals surface area contributed by atoms with E-state index in [1.807, 2.05) is 4.90 Å². The van der Waals surface area contributed by atoms with Crippen LogP contribution in [0, 0.1) is 0 Å². The Morgan fingerprint density at radius 3 is 2.57 bits per heavy atom. The van der Waals surface area contributed by atoms with Gasteiger partial charge in [-0.25, -0.2) is 8.42 Å². The quantitative estimate of drug-likeness (QED) is 0.522. The van der Waals surface area contributed by atoms with E-state index in [2.05, 4.69) is 5.32 Å². The molecule has 0 aliphatic carbocycles. The molecule has 0 radical (unpaired) electrons. The van der Waals surface area contributed by atoms with Crippen molar-refractivity contribution in [2.75, 3.05) is 18.8 Å². The number of benzene rings is 2. The van der Waals surface area contributed by atoms with Crippen LogP contribution in [0.3, 0.4) is 0 Å². The highest BCUT2D eigenvalue weighted by atomic mass is 35.5. The van der Waals surface area contributed by atoms with Gasteiger partial charge in [0.25, 0.3) is 5.91 Å². The lowest BCUT2D eigenvalue weighted by Crippen LogP contribution is -2.42. The van der Waals surface area contributed by atoms with Crippen LogP contribution in [0.2, 0.25) is 10.0 Å². The normalized spacial score (nSPS) is 17.4. The van der Waals surface area contributed by atoms with Crippen LogP contribution in [-0.4, -0.2) is 44.1 Å². The van der Waals surface area contributed by atoms with Gasteiger partial charge in [-0.2, -0.15) is 13.2 Å². The van der Waals surface area contributed by atoms with Crippen LogP contribution >= 0.6 is 23.2 Å². The molecular weight excluding hydrogens is 526 g/mol. The third-order valence-electron chi connectivity index (χ3n) is 5.87. The summed E-state index contributed by atoms with van der Waals surface area (Å²) in [6, 6.07) is 5.66. The van der Waals surface area contributed by atoms with Gasteiger partial charge in [-0.3, -0.25) is 9.69 Å². The molecule has 2 aromatic carbocycles. The molecule has 0 bridgehead atoms. The van der Waals surface area contributed by atoms with Crippen LogP contribution in [0.1, 0.15) is 46.8 Å². The molecule has 12 heteroatoms. The Labute approximate surface area is 212 Å². The minimum atomic E-state index is -4.71. The molecule has 0 spiro atoms. The maximum Gasteiger partial charge on any atom is 0.416 e. The largest absolute Gasteiger partial charge is 0.416 e. The smallest absolute Gasteiger partial charge is 0.348 e. The average Bonchev–Trinajstić information content (AvgIpc) is 2.77. The topological polar surface area (TPSA) is 92.5 Å². The lowest BCUT2D eigenvalue weighted by Gasteiger charge is -2.31. The fourth-order valence-corrected chi connectivity index (χ4v) is 5.63. The summed E-state index contributed by atoms with van der Waals surface area (Å²) in [5, 5.41) is 2.62. The first-order chi connectivity index (χ1) is 16.3. The molecule has 1 amide bonds. The van der Waals surface area contributed by atoms with Gasteiger partial charge in [-0.1, -0.05) is 30.1 Å². The second-order valence-corrected chi connectivity index (χ2v) is 11.5. The first-order valence-corrected chi connectivity index (χ1v) is 13.4. The number of carbonyl (C=O) groups excluding carboxylic acids is 1. The Hall–Kier alpha value is -1.85. The van der Waals surface area contributed by atoms with Gasteiger partial charge in [-0.05, 0) is 60.8 Å². The maximum absolute atomic E-state index is 13.5. The van der Waals surface area contributed by atoms with Crippen LogP contribution in [0.15, 0.2) is 35.2 Å². The van der Waals surface area contributed by atoms with E-state index >= 15 is 0 Å². The van der Waals surface area contributed by atoms with Gasteiger partial charge in [0.05, 0.1) is 16.2 Å². The Morgan fingerprint density at radius 2 is 1.94 bits per heavy atom. The zero-order valence-corrected chi connectivity index (χ0v) is 21.3. The summed E-state index contributed by atoms with van der Waals surface area (Å²) >= 11 is 12.3. The summed E-state index contributed by atoms with van der Waals surface area (Å²) in [5.41, 5.74) is 5.22. The molecule has 1 aliphatic heterocycles. The number of amides is 1. The number of hydrogen-bond donors (Lipinski definition) is 2. The van der Waals surface area contributed by atoms with Crippen molar-refractivity contribution in [2.45, 2.75) is 50.0 Å². The number of halogens is 5. The van der Waals surface area contributed by atoms with Crippen LogP contribution in [0.25, 0.3) is 0 Å². The Kier molecular flexibility index (Phi) is 8.75. The number of sulfone groups is 1. The van der Waals surface area contributed by atoms with Crippen LogP contribution in [0.5, 0.6) is 0 Å². The van der Waals surface area contributed by atoms with Crippen molar-refractivity contribution in [1.29, 1.82) is 0 Å². The molecule has 35 heavy (non-hydrogen) atoms. The summed E-state index contributed by atoms with van der Waals surface area (Å²) < 4.78 is 65.3. The third kappa shape index (κ3) is 6.89. The molecular formula is C23H26Cl2F3N3O3S. The van der Waals surface area contributed by atoms with E-state index in [1.165, 1.54) is 25.1 Å². The van der Waals surface area contributed by atoms with Crippen LogP contribution < -0.4 is 11.1 Å². The number of piperidine rings is 1. The number of nitrogens with zero attached hydrogens (tertiary/aromatic N) is 1. The monoisotopic (exact) mass is 551 g/mol. The van der Waals surface area contributed by atoms with Gasteiger partial charge in [0.2, 0.25) is 0 Å². The van der Waals surface area contributed by atoms with Gasteiger partial charge in [0, 0.05) is 41.3 Å². The molecule has 1 fully saturated rings. The van der Waals surface area contributed by atoms with E-state index in [-0.39, 0.29) is 56.5 Å². The average molecular weight is 552 g/mol. The highest BCUT2D eigenvalue weighted by Crippen LogP contribution is 2.35. The fraction of sp³-hybridized carbons (Fsp3) is 0.435. The van der Waals surface area contributed by atoms with Crippen LogP contribution in [-0.2, 0) is 29.1 Å². The van der Waals surface area contributed by atoms with Gasteiger partial charge < -0.3 is 11.1 Å². The zero-order chi connectivity index (χ0) is 26.0. The van der Waals surface area contributed by atoms with Gasteiger partial charge in [-0.15, -0.1) is 0 Å². The molecule has 6 nitrogen and oxygen atoms in total. The molecule has 192 valence electrons. The number of rotatable bonds is 7. The molecule has 0 aromatic heterocycles. The van der Waals surface area contributed by atoms with Gasteiger partial charge in [0.1, 0.15) is 0 Å². The standard InChI is InChI=1S/C23H26Cl2F3N3O3S/c1-2-35(33,34)21-6-5-16(24)8-14(21)11-30-22(32)18-9-15(23(26,27)28)10-20(25)19(18)13-31-7-3-4-17(29)12-31/h5-6,8-10,17H,2-4,7,11-13,29H2,1H3,(H,30,32)/t17-/m0/s1. The van der Waals surface area contributed by atoms with Crippen molar-refractivity contribution < 1.29 is 26.4 Å². The number of alkyl halides is 3. The van der Waals surface area contributed by atoms with Crippen molar-refractivity contribution in [2.24, 2.45) is 5.73 Å². The number of nitrogens with one attached hydrogen (secondary N) is 1. The molecule has 0 saturated carbocycles. The number of nitrogens with two attached hydrogens (primary N) is 1. The molecule has 1 heterocycles. The molecule has 2 aromatic rings. The summed E-state index contributed by atoms with van der Waals surface area (Å²) in [7, 11) is -3.62. The second kappa shape index (κ2) is 11.0. The minimum Gasteiger partial charge on any atom is -0.348 e. The van der Waals surface area contributed by atoms with E-state index in [0.29, 0.717) is 13.1 Å². The Bertz CT molecular complexity index is 1210. The molecule has 3 N–H and O–H groups in total. The number of likely N-dealkylation sites (tertiary alicyclic amines) is 1. The summed E-state index contributed by atoms with van der Waals surface area (Å²) in [6.07, 6.45) is -3.04. The van der Waals surface area contributed by atoms with Crippen LogP contribution in [0.4, 0.5) is 13.2 Å². The summed E-state index contributed by atoms with van der Waals surface area (Å²) in [4.78, 5) is 15.1. The van der Waals surface area contributed by atoms with Crippen molar-refractivity contribution in [3.8, 4) is 0 Å². The molecule has 1 atom stereocenters. The van der Waals surface area contributed by atoms with Crippen molar-refractivity contribution in [3.63, 3.8) is 0 Å². The number of hydrogen-bond acceptors (Lipinski definition) is 5. The molecule has 1 saturated heterocycles. The Morgan fingerprint density at radius 1 is 1.23 bits per heavy atom. The highest BCUT2D eigenvalue weighted by Gasteiger charge is 2.33. The van der Waals surface area contributed by atoms with Crippen molar-refractivity contribution >= 4 is 38.9 Å². The zero-order valence-electron chi connectivity index (χ0n) is 19.0. The minimum absolute atomic E-state index is 0.00528. The van der Waals surface area contributed by atoms with E-state index in [4.69, 9.17) is 28.9 Å². The fourth-order valence-electron chi connectivity index (χ4n) is 4.04.